The number of rotatable bonds is 3. The third-order valence-corrected chi connectivity index (χ3v) is 1.72. The molecule has 0 saturated heterocycles. The molecule has 0 fully saturated rings. The SMILES string of the molecule is CNCCC(=O)C#Cc1ccccc1. The Hall–Kier alpha value is -1.59. The number of nitrogens with one attached hydrogen (secondary N) is 1. The molecule has 1 N–H and O–H groups in total. The Balaban J connectivity index is 2.51. The van der Waals surface area contributed by atoms with E-state index < -0.39 is 0 Å². The smallest absolute Gasteiger partial charge is 0.207 e. The minimum absolute atomic E-state index is 0.0248. The molecule has 0 saturated carbocycles. The van der Waals surface area contributed by atoms with Gasteiger partial charge in [-0.2, -0.15) is 0 Å². The second kappa shape index (κ2) is 5.95. The molecule has 0 aliphatic heterocycles. The topological polar surface area (TPSA) is 29.1 Å². The summed E-state index contributed by atoms with van der Waals surface area (Å²) < 4.78 is 0. The molecule has 0 atom stereocenters. The molecule has 0 radical (unpaired) electrons. The van der Waals surface area contributed by atoms with Gasteiger partial charge in [0.15, 0.2) is 0 Å². The molecule has 0 spiro atoms. The van der Waals surface area contributed by atoms with Crippen LogP contribution in [0.15, 0.2) is 30.3 Å². The lowest BCUT2D eigenvalue weighted by Gasteiger charge is -1.91. The van der Waals surface area contributed by atoms with Crippen LogP contribution in [-0.4, -0.2) is 19.4 Å². The summed E-state index contributed by atoms with van der Waals surface area (Å²) in [6.07, 6.45) is 0.469. The molecule has 1 aromatic rings. The highest BCUT2D eigenvalue weighted by atomic mass is 16.1. The second-order valence-electron chi connectivity index (χ2n) is 2.89. The van der Waals surface area contributed by atoms with Crippen LogP contribution in [0, 0.1) is 11.8 Å². The van der Waals surface area contributed by atoms with Crippen molar-refractivity contribution >= 4 is 5.78 Å². The van der Waals surface area contributed by atoms with E-state index in [1.54, 1.807) is 0 Å². The minimum Gasteiger partial charge on any atom is -0.319 e. The van der Waals surface area contributed by atoms with Crippen molar-refractivity contribution in [1.82, 2.24) is 5.32 Å². The summed E-state index contributed by atoms with van der Waals surface area (Å²) in [5.41, 5.74) is 0.880. The lowest BCUT2D eigenvalue weighted by Crippen LogP contribution is -2.11. The predicted molar refractivity (Wildman–Crippen MR) is 56.9 cm³/mol. The second-order valence-corrected chi connectivity index (χ2v) is 2.89. The van der Waals surface area contributed by atoms with Gasteiger partial charge < -0.3 is 5.32 Å². The van der Waals surface area contributed by atoms with E-state index in [2.05, 4.69) is 17.2 Å². The van der Waals surface area contributed by atoms with Crippen molar-refractivity contribution in [2.75, 3.05) is 13.6 Å². The van der Waals surface area contributed by atoms with Crippen LogP contribution in [0.3, 0.4) is 0 Å². The molecule has 1 aromatic carbocycles. The Labute approximate surface area is 84.3 Å². The molecular formula is C12H13NO. The summed E-state index contributed by atoms with van der Waals surface area (Å²) in [6.45, 7) is 0.683. The van der Waals surface area contributed by atoms with Gasteiger partial charge in [-0.15, -0.1) is 0 Å². The van der Waals surface area contributed by atoms with E-state index in [9.17, 15) is 4.79 Å². The van der Waals surface area contributed by atoms with E-state index in [1.807, 2.05) is 37.4 Å². The number of ketones is 1. The maximum absolute atomic E-state index is 11.2. The van der Waals surface area contributed by atoms with Gasteiger partial charge in [0, 0.05) is 18.5 Å². The summed E-state index contributed by atoms with van der Waals surface area (Å²) in [4.78, 5) is 11.2. The number of hydrogen-bond acceptors (Lipinski definition) is 2. The molecule has 2 nitrogen and oxygen atoms in total. The Morgan fingerprint density at radius 2 is 2.07 bits per heavy atom. The zero-order chi connectivity index (χ0) is 10.2. The van der Waals surface area contributed by atoms with Crippen molar-refractivity contribution in [2.24, 2.45) is 0 Å². The fourth-order valence-electron chi connectivity index (χ4n) is 0.964. The normalized spacial score (nSPS) is 8.93. The maximum atomic E-state index is 11.2. The van der Waals surface area contributed by atoms with Crippen molar-refractivity contribution in [1.29, 1.82) is 0 Å². The Bertz CT molecular complexity index is 346. The Morgan fingerprint density at radius 1 is 1.36 bits per heavy atom. The van der Waals surface area contributed by atoms with Gasteiger partial charge in [0.2, 0.25) is 5.78 Å². The molecule has 2 heteroatoms. The van der Waals surface area contributed by atoms with Crippen LogP contribution >= 0.6 is 0 Å². The van der Waals surface area contributed by atoms with E-state index >= 15 is 0 Å². The largest absolute Gasteiger partial charge is 0.319 e. The standard InChI is InChI=1S/C12H13NO/c1-13-10-9-12(14)8-7-11-5-3-2-4-6-11/h2-6,13H,9-10H2,1H3. The molecule has 1 rings (SSSR count). The van der Waals surface area contributed by atoms with Crippen molar-refractivity contribution < 1.29 is 4.79 Å². The molecule has 0 aromatic heterocycles. The first kappa shape index (κ1) is 10.5. The average molecular weight is 187 g/mol. The fraction of sp³-hybridized carbons (Fsp3) is 0.250. The fourth-order valence-corrected chi connectivity index (χ4v) is 0.964. The van der Waals surface area contributed by atoms with Crippen LogP contribution in [0.5, 0.6) is 0 Å². The van der Waals surface area contributed by atoms with E-state index in [1.165, 1.54) is 0 Å². The summed E-state index contributed by atoms with van der Waals surface area (Å²) >= 11 is 0. The predicted octanol–water partition coefficient (Wildman–Crippen LogP) is 1.22. The molecule has 0 unspecified atom stereocenters. The van der Waals surface area contributed by atoms with Crippen molar-refractivity contribution in [3.8, 4) is 11.8 Å². The van der Waals surface area contributed by atoms with Crippen LogP contribution in [0.2, 0.25) is 0 Å². The van der Waals surface area contributed by atoms with E-state index in [0.29, 0.717) is 13.0 Å². The van der Waals surface area contributed by atoms with Crippen LogP contribution in [0.4, 0.5) is 0 Å². The van der Waals surface area contributed by atoms with Gasteiger partial charge >= 0.3 is 0 Å². The van der Waals surface area contributed by atoms with Gasteiger partial charge in [-0.1, -0.05) is 24.1 Å². The van der Waals surface area contributed by atoms with Gasteiger partial charge in [0.05, 0.1) is 0 Å². The van der Waals surface area contributed by atoms with Crippen LogP contribution in [0.1, 0.15) is 12.0 Å². The number of carbonyl (C=O) groups is 1. The van der Waals surface area contributed by atoms with Gasteiger partial charge in [-0.25, -0.2) is 0 Å². The lowest BCUT2D eigenvalue weighted by atomic mass is 10.2. The number of benzene rings is 1. The first-order valence-corrected chi connectivity index (χ1v) is 4.57. The highest BCUT2D eigenvalue weighted by Gasteiger charge is 1.93. The lowest BCUT2D eigenvalue weighted by molar-refractivity contribution is -0.113. The molecule has 0 bridgehead atoms. The third-order valence-electron chi connectivity index (χ3n) is 1.72. The molecule has 72 valence electrons. The highest BCUT2D eigenvalue weighted by Crippen LogP contribution is 1.94. The molecule has 0 heterocycles. The zero-order valence-corrected chi connectivity index (χ0v) is 8.21. The summed E-state index contributed by atoms with van der Waals surface area (Å²) in [7, 11) is 1.82. The van der Waals surface area contributed by atoms with Gasteiger partial charge in [-0.05, 0) is 25.1 Å². The van der Waals surface area contributed by atoms with E-state index in [-0.39, 0.29) is 5.78 Å². The number of hydrogen-bond donors (Lipinski definition) is 1. The highest BCUT2D eigenvalue weighted by molar-refractivity contribution is 5.96. The first-order chi connectivity index (χ1) is 6.83. The summed E-state index contributed by atoms with van der Waals surface area (Å²) in [6, 6.07) is 9.51. The quantitative estimate of drug-likeness (QED) is 0.721. The average Bonchev–Trinajstić information content (AvgIpc) is 2.25. The number of Topliss-reactive ketones (excluding diaryl/α,β-unsaturated/α-hetero) is 1. The van der Waals surface area contributed by atoms with Crippen LogP contribution < -0.4 is 5.32 Å². The Morgan fingerprint density at radius 3 is 2.71 bits per heavy atom. The van der Waals surface area contributed by atoms with Crippen LogP contribution in [-0.2, 0) is 4.79 Å². The van der Waals surface area contributed by atoms with Crippen molar-refractivity contribution in [3.63, 3.8) is 0 Å². The van der Waals surface area contributed by atoms with Crippen molar-refractivity contribution in [2.45, 2.75) is 6.42 Å². The van der Waals surface area contributed by atoms with Gasteiger partial charge in [0.25, 0.3) is 0 Å². The Kier molecular flexibility index (Phi) is 4.46. The van der Waals surface area contributed by atoms with E-state index in [4.69, 9.17) is 0 Å². The molecule has 0 aliphatic carbocycles. The summed E-state index contributed by atoms with van der Waals surface area (Å²) in [5.74, 6) is 5.41. The maximum Gasteiger partial charge on any atom is 0.207 e. The zero-order valence-electron chi connectivity index (χ0n) is 8.21. The van der Waals surface area contributed by atoms with Crippen LogP contribution in [0.25, 0.3) is 0 Å². The first-order valence-electron chi connectivity index (χ1n) is 4.57. The molecular weight excluding hydrogens is 174 g/mol. The third kappa shape index (κ3) is 3.88. The molecule has 0 amide bonds. The monoisotopic (exact) mass is 187 g/mol. The van der Waals surface area contributed by atoms with E-state index in [0.717, 1.165) is 5.56 Å². The molecule has 0 aliphatic rings. The van der Waals surface area contributed by atoms with Gasteiger partial charge in [-0.3, -0.25) is 4.79 Å². The molecule has 14 heavy (non-hydrogen) atoms. The summed E-state index contributed by atoms with van der Waals surface area (Å²) in [5, 5.41) is 2.91. The minimum atomic E-state index is -0.0248. The number of carbonyl (C=O) groups excluding carboxylic acids is 1. The van der Waals surface area contributed by atoms with Gasteiger partial charge in [0.1, 0.15) is 0 Å². The van der Waals surface area contributed by atoms with Crippen molar-refractivity contribution in [3.05, 3.63) is 35.9 Å².